The van der Waals surface area contributed by atoms with Crippen LogP contribution in [0.5, 0.6) is 5.75 Å². The topological polar surface area (TPSA) is 61.8 Å². The highest BCUT2D eigenvalue weighted by molar-refractivity contribution is 5.74. The quantitative estimate of drug-likeness (QED) is 0.876. The first kappa shape index (κ1) is 17.6. The Kier molecular flexibility index (Phi) is 6.28. The minimum absolute atomic E-state index is 0.0444. The summed E-state index contributed by atoms with van der Waals surface area (Å²) in [6, 6.07) is 7.84. The normalized spacial score (nSPS) is 20.7. The van der Waals surface area contributed by atoms with E-state index in [-0.39, 0.29) is 24.0 Å². The number of ether oxygens (including phenoxy) is 1. The molecule has 2 amide bonds. The van der Waals surface area contributed by atoms with E-state index in [2.05, 4.69) is 12.2 Å². The van der Waals surface area contributed by atoms with Gasteiger partial charge in [0.15, 0.2) is 0 Å². The first-order chi connectivity index (χ1) is 11.0. The minimum atomic E-state index is -0.363. The fourth-order valence-corrected chi connectivity index (χ4v) is 3.12. The number of methoxy groups -OCH3 is 1. The molecule has 128 valence electrons. The zero-order valence-electron chi connectivity index (χ0n) is 14.3. The molecule has 23 heavy (non-hydrogen) atoms. The second-order valence-corrected chi connectivity index (χ2v) is 6.42. The van der Waals surface area contributed by atoms with Crippen LogP contribution in [0.4, 0.5) is 4.79 Å². The summed E-state index contributed by atoms with van der Waals surface area (Å²) < 4.78 is 5.38. The highest BCUT2D eigenvalue weighted by atomic mass is 16.5. The van der Waals surface area contributed by atoms with E-state index in [9.17, 15) is 9.90 Å². The van der Waals surface area contributed by atoms with Gasteiger partial charge in [0.2, 0.25) is 0 Å². The molecule has 0 aromatic heterocycles. The lowest BCUT2D eigenvalue weighted by Gasteiger charge is -2.34. The fourth-order valence-electron chi connectivity index (χ4n) is 3.12. The molecule has 2 rings (SSSR count). The number of carbonyl (C=O) groups is 1. The maximum absolute atomic E-state index is 12.4. The predicted molar refractivity (Wildman–Crippen MR) is 90.8 cm³/mol. The van der Waals surface area contributed by atoms with Crippen molar-refractivity contribution in [2.45, 2.75) is 38.7 Å². The molecule has 1 aromatic carbocycles. The number of nitrogens with zero attached hydrogens (tertiary/aromatic N) is 1. The molecule has 1 aliphatic rings. The Labute approximate surface area is 138 Å². The van der Waals surface area contributed by atoms with Gasteiger partial charge < -0.3 is 20.1 Å². The first-order valence-electron chi connectivity index (χ1n) is 8.36. The number of urea groups is 1. The number of hydrogen-bond acceptors (Lipinski definition) is 3. The maximum Gasteiger partial charge on any atom is 0.317 e. The molecule has 1 heterocycles. The third-order valence-electron chi connectivity index (χ3n) is 4.66. The van der Waals surface area contributed by atoms with Crippen molar-refractivity contribution in [2.24, 2.45) is 5.92 Å². The molecule has 0 bridgehead atoms. The Morgan fingerprint density at radius 3 is 2.87 bits per heavy atom. The van der Waals surface area contributed by atoms with Gasteiger partial charge >= 0.3 is 6.03 Å². The number of amides is 2. The number of para-hydroxylation sites is 1. The molecular formula is C18H28N2O3. The van der Waals surface area contributed by atoms with Crippen LogP contribution in [-0.2, 0) is 0 Å². The van der Waals surface area contributed by atoms with Gasteiger partial charge in [0.1, 0.15) is 5.75 Å². The lowest BCUT2D eigenvalue weighted by Crippen LogP contribution is -2.48. The predicted octanol–water partition coefficient (Wildman–Crippen LogP) is 2.60. The number of aliphatic hydroxyl groups excluding tert-OH is 1. The molecule has 0 saturated carbocycles. The highest BCUT2D eigenvalue weighted by Crippen LogP contribution is 2.25. The van der Waals surface area contributed by atoms with E-state index in [1.54, 1.807) is 14.0 Å². The summed E-state index contributed by atoms with van der Waals surface area (Å²) in [5.74, 6) is 1.20. The molecule has 5 heteroatoms. The second-order valence-electron chi connectivity index (χ2n) is 6.42. The number of rotatable bonds is 5. The second kappa shape index (κ2) is 8.20. The van der Waals surface area contributed by atoms with E-state index < -0.39 is 0 Å². The Balaban J connectivity index is 1.88. The van der Waals surface area contributed by atoms with Crippen LogP contribution in [0.1, 0.15) is 38.2 Å². The van der Waals surface area contributed by atoms with Crippen LogP contribution in [0.2, 0.25) is 0 Å². The Morgan fingerprint density at radius 1 is 1.43 bits per heavy atom. The monoisotopic (exact) mass is 320 g/mol. The van der Waals surface area contributed by atoms with E-state index in [4.69, 9.17) is 4.74 Å². The van der Waals surface area contributed by atoms with Crippen LogP contribution >= 0.6 is 0 Å². The number of aliphatic hydroxyl groups is 1. The number of carbonyl (C=O) groups excluding carboxylic acids is 1. The average molecular weight is 320 g/mol. The molecule has 3 atom stereocenters. The Hall–Kier alpha value is -1.75. The van der Waals surface area contributed by atoms with Crippen molar-refractivity contribution in [3.8, 4) is 5.75 Å². The van der Waals surface area contributed by atoms with Gasteiger partial charge in [0, 0.05) is 31.5 Å². The van der Waals surface area contributed by atoms with Crippen molar-refractivity contribution < 1.29 is 14.6 Å². The smallest absolute Gasteiger partial charge is 0.317 e. The zero-order valence-corrected chi connectivity index (χ0v) is 14.3. The fraction of sp³-hybridized carbons (Fsp3) is 0.611. The van der Waals surface area contributed by atoms with E-state index in [0.29, 0.717) is 13.1 Å². The van der Waals surface area contributed by atoms with Crippen molar-refractivity contribution in [1.82, 2.24) is 10.2 Å². The molecule has 3 unspecified atom stereocenters. The minimum Gasteiger partial charge on any atom is -0.496 e. The summed E-state index contributed by atoms with van der Waals surface area (Å²) in [5, 5.41) is 12.7. The summed E-state index contributed by atoms with van der Waals surface area (Å²) in [4.78, 5) is 14.2. The lowest BCUT2D eigenvalue weighted by molar-refractivity contribution is 0.0739. The standard InChI is InChI=1S/C18H28N2O3/c1-13(16-8-4-5-9-17(16)23-3)11-19-18(22)20-10-6-7-15(12-20)14(2)21/h4-5,8-9,13-15,21H,6-7,10-12H2,1-3H3,(H,19,22). The molecule has 0 spiro atoms. The van der Waals surface area contributed by atoms with Crippen LogP contribution in [0.25, 0.3) is 0 Å². The third kappa shape index (κ3) is 4.61. The van der Waals surface area contributed by atoms with Crippen molar-refractivity contribution in [2.75, 3.05) is 26.7 Å². The highest BCUT2D eigenvalue weighted by Gasteiger charge is 2.26. The SMILES string of the molecule is COc1ccccc1C(C)CNC(=O)N1CCCC(C(C)O)C1. The zero-order chi connectivity index (χ0) is 16.8. The molecular weight excluding hydrogens is 292 g/mol. The maximum atomic E-state index is 12.4. The van der Waals surface area contributed by atoms with Crippen molar-refractivity contribution in [3.05, 3.63) is 29.8 Å². The first-order valence-corrected chi connectivity index (χ1v) is 8.36. The lowest BCUT2D eigenvalue weighted by atomic mass is 9.93. The molecule has 1 saturated heterocycles. The molecule has 1 aromatic rings. The van der Waals surface area contributed by atoms with Crippen LogP contribution in [0, 0.1) is 5.92 Å². The molecule has 1 aliphatic heterocycles. The summed E-state index contributed by atoms with van der Waals surface area (Å²) in [6.45, 7) is 5.84. The number of likely N-dealkylation sites (tertiary alicyclic amines) is 1. The van der Waals surface area contributed by atoms with Crippen molar-refractivity contribution in [1.29, 1.82) is 0 Å². The third-order valence-corrected chi connectivity index (χ3v) is 4.66. The van der Waals surface area contributed by atoms with Gasteiger partial charge in [0.05, 0.1) is 13.2 Å². The van der Waals surface area contributed by atoms with Crippen LogP contribution < -0.4 is 10.1 Å². The van der Waals surface area contributed by atoms with Gasteiger partial charge in [-0.1, -0.05) is 25.1 Å². The average Bonchev–Trinajstić information content (AvgIpc) is 2.59. The van der Waals surface area contributed by atoms with Gasteiger partial charge in [-0.2, -0.15) is 0 Å². The number of benzene rings is 1. The van der Waals surface area contributed by atoms with Crippen molar-refractivity contribution in [3.63, 3.8) is 0 Å². The van der Waals surface area contributed by atoms with Crippen molar-refractivity contribution >= 4 is 6.03 Å². The van der Waals surface area contributed by atoms with Gasteiger partial charge in [-0.15, -0.1) is 0 Å². The van der Waals surface area contributed by atoms with Gasteiger partial charge in [-0.3, -0.25) is 0 Å². The summed E-state index contributed by atoms with van der Waals surface area (Å²) >= 11 is 0. The Morgan fingerprint density at radius 2 is 2.17 bits per heavy atom. The number of nitrogens with one attached hydrogen (secondary N) is 1. The molecule has 5 nitrogen and oxygen atoms in total. The molecule has 0 radical (unpaired) electrons. The Bertz CT molecular complexity index is 519. The van der Waals surface area contributed by atoms with Gasteiger partial charge in [-0.05, 0) is 31.4 Å². The number of piperidine rings is 1. The summed E-state index contributed by atoms with van der Waals surface area (Å²) in [7, 11) is 1.66. The van der Waals surface area contributed by atoms with E-state index >= 15 is 0 Å². The number of hydrogen-bond donors (Lipinski definition) is 2. The summed E-state index contributed by atoms with van der Waals surface area (Å²) in [6.07, 6.45) is 1.57. The van der Waals surface area contributed by atoms with Crippen LogP contribution in [0.15, 0.2) is 24.3 Å². The summed E-state index contributed by atoms with van der Waals surface area (Å²) in [5.41, 5.74) is 1.09. The van der Waals surface area contributed by atoms with Crippen LogP contribution in [-0.4, -0.2) is 48.9 Å². The van der Waals surface area contributed by atoms with Gasteiger partial charge in [-0.25, -0.2) is 4.79 Å². The van der Waals surface area contributed by atoms with E-state index in [1.807, 2.05) is 29.2 Å². The molecule has 0 aliphatic carbocycles. The van der Waals surface area contributed by atoms with Gasteiger partial charge in [0.25, 0.3) is 0 Å². The molecule has 1 fully saturated rings. The van der Waals surface area contributed by atoms with E-state index in [0.717, 1.165) is 30.7 Å². The molecule has 2 N–H and O–H groups in total. The largest absolute Gasteiger partial charge is 0.496 e. The van der Waals surface area contributed by atoms with E-state index in [1.165, 1.54) is 0 Å². The van der Waals surface area contributed by atoms with Crippen LogP contribution in [0.3, 0.4) is 0 Å².